The normalized spacial score (nSPS) is 10.3. The molecule has 0 saturated carbocycles. The van der Waals surface area contributed by atoms with Crippen molar-refractivity contribution in [3.05, 3.63) is 83.6 Å². The van der Waals surface area contributed by atoms with Gasteiger partial charge in [-0.1, -0.05) is 18.2 Å². The van der Waals surface area contributed by atoms with E-state index in [0.29, 0.717) is 36.8 Å². The number of nitrogens with two attached hydrogens (primary N) is 1. The lowest BCUT2D eigenvalue weighted by molar-refractivity contribution is 0.0950. The summed E-state index contributed by atoms with van der Waals surface area (Å²) in [6.07, 6.45) is 4.84. The molecule has 0 atom stereocenters. The minimum atomic E-state index is -0.150. The van der Waals surface area contributed by atoms with Crippen molar-refractivity contribution in [1.82, 2.24) is 20.3 Å². The molecule has 2 heterocycles. The van der Waals surface area contributed by atoms with E-state index in [1.807, 2.05) is 24.3 Å². The number of nitrogens with one attached hydrogen (secondary N) is 1. The average Bonchev–Trinajstić information content (AvgIpc) is 2.71. The van der Waals surface area contributed by atoms with Crippen molar-refractivity contribution in [2.45, 2.75) is 19.7 Å². The lowest BCUT2D eigenvalue weighted by Crippen LogP contribution is -2.23. The van der Waals surface area contributed by atoms with Gasteiger partial charge in [0.2, 0.25) is 5.88 Å². The molecule has 7 heteroatoms. The highest BCUT2D eigenvalue weighted by Crippen LogP contribution is 2.11. The Morgan fingerprint density at radius 2 is 2.00 bits per heavy atom. The zero-order chi connectivity index (χ0) is 18.2. The Balaban J connectivity index is 1.59. The molecule has 3 N–H and O–H groups in total. The van der Waals surface area contributed by atoms with Gasteiger partial charge in [-0.15, -0.1) is 0 Å². The number of carbonyl (C=O) groups excluding carboxylic acids is 1. The van der Waals surface area contributed by atoms with E-state index in [2.05, 4.69) is 20.3 Å². The average molecular weight is 349 g/mol. The molecule has 2 aromatic heterocycles. The number of benzene rings is 1. The summed E-state index contributed by atoms with van der Waals surface area (Å²) in [6, 6.07) is 12.7. The molecule has 26 heavy (non-hydrogen) atoms. The van der Waals surface area contributed by atoms with Crippen LogP contribution in [-0.4, -0.2) is 20.9 Å². The summed E-state index contributed by atoms with van der Waals surface area (Å²) in [5.74, 6) is 0.301. The summed E-state index contributed by atoms with van der Waals surface area (Å²) in [5.41, 5.74) is 8.64. The van der Waals surface area contributed by atoms with Crippen LogP contribution in [0.1, 0.15) is 27.2 Å². The van der Waals surface area contributed by atoms with Gasteiger partial charge in [-0.25, -0.2) is 9.97 Å². The van der Waals surface area contributed by atoms with Crippen LogP contribution in [0.2, 0.25) is 0 Å². The SMILES string of the molecule is NCc1cc(OCc2cccc(C(=O)NCc3cccnc3)c2)ncn1. The summed E-state index contributed by atoms with van der Waals surface area (Å²) in [7, 11) is 0. The van der Waals surface area contributed by atoms with E-state index in [9.17, 15) is 4.79 Å². The Bertz CT molecular complexity index is 871. The largest absolute Gasteiger partial charge is 0.473 e. The third-order valence-electron chi connectivity index (χ3n) is 3.66. The molecule has 0 aliphatic rings. The van der Waals surface area contributed by atoms with E-state index >= 15 is 0 Å². The van der Waals surface area contributed by atoms with Crippen LogP contribution in [-0.2, 0) is 19.7 Å². The van der Waals surface area contributed by atoms with Crippen molar-refractivity contribution in [3.8, 4) is 5.88 Å². The van der Waals surface area contributed by atoms with Gasteiger partial charge in [0, 0.05) is 37.1 Å². The number of rotatable bonds is 7. The number of nitrogens with zero attached hydrogens (tertiary/aromatic N) is 3. The maximum absolute atomic E-state index is 12.3. The number of amides is 1. The Hall–Kier alpha value is -3.32. The lowest BCUT2D eigenvalue weighted by Gasteiger charge is -2.08. The Labute approximate surface area is 151 Å². The predicted octanol–water partition coefficient (Wildman–Crippen LogP) is 1.84. The second kappa shape index (κ2) is 8.68. The molecule has 132 valence electrons. The molecule has 1 amide bonds. The molecule has 0 bridgehead atoms. The van der Waals surface area contributed by atoms with Gasteiger partial charge in [-0.2, -0.15) is 0 Å². The molecule has 3 aromatic rings. The minimum absolute atomic E-state index is 0.150. The first-order chi connectivity index (χ1) is 12.7. The van der Waals surface area contributed by atoms with Crippen molar-refractivity contribution in [2.24, 2.45) is 5.73 Å². The van der Waals surface area contributed by atoms with Crippen molar-refractivity contribution in [1.29, 1.82) is 0 Å². The van der Waals surface area contributed by atoms with Crippen LogP contribution in [0.4, 0.5) is 0 Å². The number of ether oxygens (including phenoxy) is 1. The van der Waals surface area contributed by atoms with Gasteiger partial charge in [0.1, 0.15) is 12.9 Å². The third kappa shape index (κ3) is 4.84. The zero-order valence-electron chi connectivity index (χ0n) is 14.1. The van der Waals surface area contributed by atoms with Gasteiger partial charge in [0.15, 0.2) is 0 Å². The Morgan fingerprint density at radius 1 is 1.12 bits per heavy atom. The molecular formula is C19H19N5O2. The lowest BCUT2D eigenvalue weighted by atomic mass is 10.1. The Kier molecular flexibility index (Phi) is 5.84. The van der Waals surface area contributed by atoms with Crippen molar-refractivity contribution in [3.63, 3.8) is 0 Å². The van der Waals surface area contributed by atoms with Crippen LogP contribution in [0.25, 0.3) is 0 Å². The van der Waals surface area contributed by atoms with Crippen molar-refractivity contribution < 1.29 is 9.53 Å². The van der Waals surface area contributed by atoms with E-state index in [1.165, 1.54) is 6.33 Å². The maximum Gasteiger partial charge on any atom is 0.251 e. The number of pyridine rings is 1. The minimum Gasteiger partial charge on any atom is -0.473 e. The summed E-state index contributed by atoms with van der Waals surface area (Å²) in [6.45, 7) is 1.05. The van der Waals surface area contributed by atoms with Gasteiger partial charge < -0.3 is 15.8 Å². The van der Waals surface area contributed by atoms with Crippen LogP contribution >= 0.6 is 0 Å². The topological polar surface area (TPSA) is 103 Å². The van der Waals surface area contributed by atoms with E-state index < -0.39 is 0 Å². The fourth-order valence-corrected chi connectivity index (χ4v) is 2.31. The van der Waals surface area contributed by atoms with Crippen LogP contribution in [0.5, 0.6) is 5.88 Å². The molecule has 0 saturated heterocycles. The number of hydrogen-bond donors (Lipinski definition) is 2. The van der Waals surface area contributed by atoms with Gasteiger partial charge in [-0.3, -0.25) is 9.78 Å². The molecule has 3 rings (SSSR count). The number of aromatic nitrogens is 3. The van der Waals surface area contributed by atoms with Gasteiger partial charge >= 0.3 is 0 Å². The van der Waals surface area contributed by atoms with E-state index in [4.69, 9.17) is 10.5 Å². The first-order valence-electron chi connectivity index (χ1n) is 8.14. The molecule has 0 spiro atoms. The van der Waals surface area contributed by atoms with Gasteiger partial charge in [0.05, 0.1) is 5.69 Å². The van der Waals surface area contributed by atoms with E-state index in [1.54, 1.807) is 30.6 Å². The van der Waals surface area contributed by atoms with Crippen molar-refractivity contribution >= 4 is 5.91 Å². The smallest absolute Gasteiger partial charge is 0.251 e. The highest BCUT2D eigenvalue weighted by molar-refractivity contribution is 5.94. The Morgan fingerprint density at radius 3 is 2.81 bits per heavy atom. The second-order valence-corrected chi connectivity index (χ2v) is 5.58. The third-order valence-corrected chi connectivity index (χ3v) is 3.66. The first kappa shape index (κ1) is 17.5. The zero-order valence-corrected chi connectivity index (χ0v) is 14.1. The van der Waals surface area contributed by atoms with Crippen LogP contribution in [0.15, 0.2) is 61.2 Å². The van der Waals surface area contributed by atoms with Crippen LogP contribution < -0.4 is 15.8 Å². The number of hydrogen-bond acceptors (Lipinski definition) is 6. The monoisotopic (exact) mass is 349 g/mol. The fourth-order valence-electron chi connectivity index (χ4n) is 2.31. The quantitative estimate of drug-likeness (QED) is 0.675. The summed E-state index contributed by atoms with van der Waals surface area (Å²) < 4.78 is 5.65. The molecule has 0 fully saturated rings. The molecule has 0 unspecified atom stereocenters. The molecule has 0 radical (unpaired) electrons. The maximum atomic E-state index is 12.3. The van der Waals surface area contributed by atoms with Gasteiger partial charge in [0.25, 0.3) is 5.91 Å². The molecule has 0 aliphatic carbocycles. The first-order valence-corrected chi connectivity index (χ1v) is 8.14. The highest BCUT2D eigenvalue weighted by Gasteiger charge is 2.07. The molecule has 1 aromatic carbocycles. The highest BCUT2D eigenvalue weighted by atomic mass is 16.5. The summed E-state index contributed by atoms with van der Waals surface area (Å²) in [5, 5.41) is 2.88. The second-order valence-electron chi connectivity index (χ2n) is 5.58. The fraction of sp³-hybridized carbons (Fsp3) is 0.158. The summed E-state index contributed by atoms with van der Waals surface area (Å²) >= 11 is 0. The van der Waals surface area contributed by atoms with Crippen LogP contribution in [0.3, 0.4) is 0 Å². The van der Waals surface area contributed by atoms with E-state index in [0.717, 1.165) is 11.1 Å². The predicted molar refractivity (Wildman–Crippen MR) is 96.1 cm³/mol. The van der Waals surface area contributed by atoms with E-state index in [-0.39, 0.29) is 5.91 Å². The summed E-state index contributed by atoms with van der Waals surface area (Å²) in [4.78, 5) is 24.4. The number of carbonyl (C=O) groups is 1. The van der Waals surface area contributed by atoms with Crippen molar-refractivity contribution in [2.75, 3.05) is 0 Å². The molecule has 7 nitrogen and oxygen atoms in total. The standard InChI is InChI=1S/C19H19N5O2/c20-9-17-8-18(24-13-23-17)26-12-14-3-1-5-16(7-14)19(25)22-11-15-4-2-6-21-10-15/h1-8,10,13H,9,11-12,20H2,(H,22,25). The van der Waals surface area contributed by atoms with Crippen LogP contribution in [0, 0.1) is 0 Å². The molecular weight excluding hydrogens is 330 g/mol. The molecule has 0 aliphatic heterocycles. The van der Waals surface area contributed by atoms with Gasteiger partial charge in [-0.05, 0) is 29.3 Å².